The topological polar surface area (TPSA) is 4.93 Å². The Balaban J connectivity index is 0.891. The average molecular weight is 940 g/mol. The number of aryl methyl sites for hydroxylation is 2. The fourth-order valence-corrected chi connectivity index (χ4v) is 14.5. The molecule has 0 bridgehead atoms. The van der Waals surface area contributed by atoms with Crippen molar-refractivity contribution in [2.45, 2.75) is 64.2 Å². The Labute approximate surface area is 425 Å². The third kappa shape index (κ3) is 6.65. The third-order valence-electron chi connectivity index (χ3n) is 16.7. The van der Waals surface area contributed by atoms with Crippen LogP contribution in [0.15, 0.2) is 194 Å². The molecule has 2 heterocycles. The summed E-state index contributed by atoms with van der Waals surface area (Å²) in [6.45, 7) is 0. The molecular weight excluding hydrogens is 887 g/mol. The Morgan fingerprint density at radius 1 is 0.361 bits per heavy atom. The first-order chi connectivity index (χ1) is 35.7. The number of rotatable bonds is 6. The van der Waals surface area contributed by atoms with Gasteiger partial charge in [0.05, 0.1) is 11.0 Å². The fourth-order valence-electron chi connectivity index (χ4n) is 13.3. The zero-order valence-corrected chi connectivity index (χ0v) is 41.3. The summed E-state index contributed by atoms with van der Waals surface area (Å²) in [4.78, 5) is 0. The van der Waals surface area contributed by atoms with Crippen LogP contribution in [0.2, 0.25) is 0 Å². The van der Waals surface area contributed by atoms with Crippen LogP contribution in [0.3, 0.4) is 0 Å². The number of hydrogen-bond acceptors (Lipinski definition) is 1. The molecule has 12 aromatic rings. The van der Waals surface area contributed by atoms with Crippen molar-refractivity contribution >= 4 is 70.2 Å². The number of para-hydroxylation sites is 1. The summed E-state index contributed by atoms with van der Waals surface area (Å²) in [5, 5.41) is 7.92. The highest BCUT2D eigenvalue weighted by Crippen LogP contribution is 2.48. The number of thiophene rings is 1. The van der Waals surface area contributed by atoms with Gasteiger partial charge in [-0.15, -0.1) is 11.3 Å². The van der Waals surface area contributed by atoms with Crippen molar-refractivity contribution in [2.75, 3.05) is 0 Å². The van der Waals surface area contributed by atoms with E-state index in [9.17, 15) is 0 Å². The molecule has 0 saturated heterocycles. The second-order valence-corrected chi connectivity index (χ2v) is 21.7. The molecule has 0 atom stereocenters. The molecule has 3 aliphatic rings. The summed E-state index contributed by atoms with van der Waals surface area (Å²) in [6.07, 6.45) is 16.6. The van der Waals surface area contributed by atoms with Crippen molar-refractivity contribution < 1.29 is 0 Å². The van der Waals surface area contributed by atoms with E-state index < -0.39 is 0 Å². The van der Waals surface area contributed by atoms with Crippen LogP contribution in [0.4, 0.5) is 0 Å². The maximum atomic E-state index is 2.53. The van der Waals surface area contributed by atoms with Gasteiger partial charge in [-0.1, -0.05) is 146 Å². The van der Waals surface area contributed by atoms with E-state index in [2.05, 4.69) is 205 Å². The van der Waals surface area contributed by atoms with Crippen molar-refractivity contribution in [3.05, 3.63) is 228 Å². The number of aromatic nitrogens is 1. The van der Waals surface area contributed by atoms with Crippen LogP contribution in [-0.2, 0) is 32.1 Å². The minimum absolute atomic E-state index is 1.03. The molecule has 3 aliphatic carbocycles. The van der Waals surface area contributed by atoms with E-state index in [1.54, 1.807) is 11.1 Å². The fraction of sp³-hybridized carbons (Fsp3) is 0.143. The highest BCUT2D eigenvalue weighted by atomic mass is 32.1. The maximum Gasteiger partial charge on any atom is 0.0541 e. The van der Waals surface area contributed by atoms with Crippen molar-refractivity contribution in [2.24, 2.45) is 0 Å². The van der Waals surface area contributed by atoms with Crippen molar-refractivity contribution in [1.29, 1.82) is 0 Å². The molecular formula is C70H53NS. The van der Waals surface area contributed by atoms with E-state index in [1.165, 1.54) is 181 Å². The highest BCUT2D eigenvalue weighted by Gasteiger charge is 2.24. The summed E-state index contributed by atoms with van der Waals surface area (Å²) in [7, 11) is 0. The Kier molecular flexibility index (Phi) is 9.87. The van der Waals surface area contributed by atoms with E-state index in [0.29, 0.717) is 0 Å². The van der Waals surface area contributed by atoms with Gasteiger partial charge in [0.15, 0.2) is 0 Å². The van der Waals surface area contributed by atoms with Gasteiger partial charge < -0.3 is 4.57 Å². The first-order valence-electron chi connectivity index (χ1n) is 26.4. The van der Waals surface area contributed by atoms with Crippen LogP contribution in [0.25, 0.3) is 120 Å². The Bertz CT molecular complexity index is 4200. The van der Waals surface area contributed by atoms with Gasteiger partial charge in [0.25, 0.3) is 0 Å². The first kappa shape index (κ1) is 42.0. The summed E-state index contributed by atoms with van der Waals surface area (Å²) in [6, 6.07) is 72.2. The van der Waals surface area contributed by atoms with Gasteiger partial charge in [-0.05, 0) is 213 Å². The lowest BCUT2D eigenvalue weighted by Crippen LogP contribution is -2.04. The van der Waals surface area contributed by atoms with E-state index in [0.717, 1.165) is 19.3 Å². The zero-order chi connectivity index (χ0) is 47.3. The summed E-state index contributed by atoms with van der Waals surface area (Å²) >= 11 is 1.96. The normalized spacial score (nSPS) is 14.3. The quantitative estimate of drug-likeness (QED) is 0.157. The first-order valence-corrected chi connectivity index (χ1v) is 27.2. The molecule has 0 saturated carbocycles. The molecule has 2 aromatic heterocycles. The lowest BCUT2D eigenvalue weighted by atomic mass is 9.80. The molecule has 2 heteroatoms. The predicted octanol–water partition coefficient (Wildman–Crippen LogP) is 19.4. The molecule has 344 valence electrons. The molecule has 0 spiro atoms. The van der Waals surface area contributed by atoms with E-state index in [1.807, 2.05) is 11.3 Å². The SMILES string of the molecule is C1=Cc2c(c(-c3ccc(-n4c5ccccc5c5cc(-c6cc(-c7cccc8c7CCCC8)cc7c6sc6ccc(-c8cccc9c8CCCC9)cc67)ccc54)cc3)c3ccccc3c2-c2ccccc2)CC1. The van der Waals surface area contributed by atoms with Crippen LogP contribution in [-0.4, -0.2) is 4.57 Å². The van der Waals surface area contributed by atoms with Crippen LogP contribution < -0.4 is 0 Å². The van der Waals surface area contributed by atoms with Crippen LogP contribution in [0.5, 0.6) is 0 Å². The molecule has 1 nitrogen and oxygen atoms in total. The molecule has 0 N–H and O–H groups in total. The number of fused-ring (bicyclic) bond motifs is 10. The molecule has 0 radical (unpaired) electrons. The average Bonchev–Trinajstić information content (AvgIpc) is 3.99. The van der Waals surface area contributed by atoms with Gasteiger partial charge in [-0.2, -0.15) is 0 Å². The molecule has 0 unspecified atom stereocenters. The van der Waals surface area contributed by atoms with Crippen LogP contribution in [0, 0.1) is 0 Å². The van der Waals surface area contributed by atoms with Gasteiger partial charge in [0.1, 0.15) is 0 Å². The molecule has 0 aliphatic heterocycles. The smallest absolute Gasteiger partial charge is 0.0541 e. The minimum Gasteiger partial charge on any atom is -0.309 e. The van der Waals surface area contributed by atoms with Crippen molar-refractivity contribution in [1.82, 2.24) is 4.57 Å². The standard InChI is InChI=1S/C70H53NS/c1-2-18-46(19-3-1)68-57-25-8-10-27-59(57)69(60-28-11-9-26-58(60)68)47-32-36-51(37-33-47)71-65-31-13-12-24-56(65)62-40-49(34-38-66(62)71)61-42-50(55-30-15-21-45-17-5-7-23-53(45)55)43-64-63-41-48(35-39-67(63)72-70(61)64)54-29-14-20-44-16-4-6-22-52(44)54/h1-3,8-10,12-15,18-21,24-27,29-43H,4-7,11,16-17,22-23,28H2. The Morgan fingerprint density at radius 3 is 1.74 bits per heavy atom. The van der Waals surface area contributed by atoms with Gasteiger partial charge in [0, 0.05) is 42.2 Å². The van der Waals surface area contributed by atoms with Gasteiger partial charge in [-0.25, -0.2) is 0 Å². The number of allylic oxidation sites excluding steroid dienone is 1. The molecule has 15 rings (SSSR count). The van der Waals surface area contributed by atoms with Crippen molar-refractivity contribution in [3.63, 3.8) is 0 Å². The predicted molar refractivity (Wildman–Crippen MR) is 309 cm³/mol. The van der Waals surface area contributed by atoms with Crippen molar-refractivity contribution in [3.8, 4) is 61.3 Å². The van der Waals surface area contributed by atoms with Gasteiger partial charge in [-0.3, -0.25) is 0 Å². The number of nitrogens with zero attached hydrogens (tertiary/aromatic N) is 1. The number of hydrogen-bond donors (Lipinski definition) is 0. The minimum atomic E-state index is 1.03. The summed E-state index contributed by atoms with van der Waals surface area (Å²) in [5.41, 5.74) is 26.0. The lowest BCUT2D eigenvalue weighted by Gasteiger charge is -2.24. The monoisotopic (exact) mass is 939 g/mol. The Morgan fingerprint density at radius 2 is 0.958 bits per heavy atom. The Hall–Kier alpha value is -7.78. The molecule has 10 aromatic carbocycles. The maximum absolute atomic E-state index is 2.53. The zero-order valence-electron chi connectivity index (χ0n) is 40.5. The van der Waals surface area contributed by atoms with Crippen LogP contribution in [0.1, 0.15) is 65.5 Å². The molecule has 0 amide bonds. The lowest BCUT2D eigenvalue weighted by molar-refractivity contribution is 0.687. The largest absolute Gasteiger partial charge is 0.309 e. The van der Waals surface area contributed by atoms with Gasteiger partial charge in [0.2, 0.25) is 0 Å². The summed E-state index contributed by atoms with van der Waals surface area (Å²) < 4.78 is 5.20. The number of benzene rings is 10. The van der Waals surface area contributed by atoms with E-state index in [-0.39, 0.29) is 0 Å². The molecule has 72 heavy (non-hydrogen) atoms. The van der Waals surface area contributed by atoms with Crippen LogP contribution >= 0.6 is 11.3 Å². The van der Waals surface area contributed by atoms with E-state index >= 15 is 0 Å². The highest BCUT2D eigenvalue weighted by molar-refractivity contribution is 7.26. The second-order valence-electron chi connectivity index (χ2n) is 20.6. The van der Waals surface area contributed by atoms with E-state index in [4.69, 9.17) is 0 Å². The molecule has 0 fully saturated rings. The second kappa shape index (κ2) is 16.9. The summed E-state index contributed by atoms with van der Waals surface area (Å²) in [5.74, 6) is 0. The third-order valence-corrected chi connectivity index (χ3v) is 17.9. The van der Waals surface area contributed by atoms with Gasteiger partial charge >= 0.3 is 0 Å².